The lowest BCUT2D eigenvalue weighted by atomic mass is 10.0. The molecule has 0 bridgehead atoms. The largest absolute Gasteiger partial charge is 0.452 e. The maximum absolute atomic E-state index is 13.0. The number of esters is 1. The van der Waals surface area contributed by atoms with E-state index in [1.807, 2.05) is 0 Å². The molecule has 5 nitrogen and oxygen atoms in total. The first-order chi connectivity index (χ1) is 11.7. The van der Waals surface area contributed by atoms with Crippen LogP contribution in [0.2, 0.25) is 5.02 Å². The first kappa shape index (κ1) is 19.5. The van der Waals surface area contributed by atoms with E-state index in [2.05, 4.69) is 5.32 Å². The zero-order valence-corrected chi connectivity index (χ0v) is 14.1. The molecule has 1 atom stereocenters. The van der Waals surface area contributed by atoms with E-state index in [1.54, 1.807) is 0 Å². The van der Waals surface area contributed by atoms with Crippen molar-refractivity contribution in [1.82, 2.24) is 0 Å². The van der Waals surface area contributed by atoms with Crippen molar-refractivity contribution in [2.45, 2.75) is 32.0 Å². The molecule has 0 radical (unpaired) electrons. The summed E-state index contributed by atoms with van der Waals surface area (Å²) in [6.07, 6.45) is -4.94. The molecule has 1 aliphatic rings. The van der Waals surface area contributed by atoms with E-state index < -0.39 is 35.4 Å². The standard InChI is InChI=1S/C16H17ClF3NO4/c1-9(25-15(23)10-4-6-24-7-5-10)14(22)21-13-3-2-11(17)8-12(13)16(18,19)20/h2-3,8-10H,4-7H2,1H3,(H,21,22). The molecular formula is C16H17ClF3NO4. The van der Waals surface area contributed by atoms with Crippen LogP contribution in [0.5, 0.6) is 0 Å². The highest BCUT2D eigenvalue weighted by atomic mass is 35.5. The molecule has 1 saturated heterocycles. The SMILES string of the molecule is CC(OC(=O)C1CCOCC1)C(=O)Nc1ccc(Cl)cc1C(F)(F)F. The van der Waals surface area contributed by atoms with Gasteiger partial charge in [0.2, 0.25) is 0 Å². The van der Waals surface area contributed by atoms with Crippen LogP contribution in [0.25, 0.3) is 0 Å². The van der Waals surface area contributed by atoms with Crippen LogP contribution in [0.4, 0.5) is 18.9 Å². The lowest BCUT2D eigenvalue weighted by Crippen LogP contribution is -2.34. The molecule has 0 aliphatic carbocycles. The first-order valence-corrected chi connectivity index (χ1v) is 8.02. The van der Waals surface area contributed by atoms with Gasteiger partial charge in [-0.1, -0.05) is 11.6 Å². The minimum atomic E-state index is -4.68. The molecule has 9 heteroatoms. The van der Waals surface area contributed by atoms with Crippen molar-refractivity contribution < 1.29 is 32.2 Å². The summed E-state index contributed by atoms with van der Waals surface area (Å²) in [7, 11) is 0. The van der Waals surface area contributed by atoms with Gasteiger partial charge in [-0.3, -0.25) is 9.59 Å². The Morgan fingerprint density at radius 1 is 1.32 bits per heavy atom. The molecule has 2 rings (SSSR count). The van der Waals surface area contributed by atoms with E-state index >= 15 is 0 Å². The number of hydrogen-bond acceptors (Lipinski definition) is 4. The molecule has 1 aromatic rings. The predicted molar refractivity (Wildman–Crippen MR) is 84.2 cm³/mol. The number of ether oxygens (including phenoxy) is 2. The Balaban J connectivity index is 2.02. The Bertz CT molecular complexity index is 645. The molecule has 1 N–H and O–H groups in total. The lowest BCUT2D eigenvalue weighted by Gasteiger charge is -2.22. The summed E-state index contributed by atoms with van der Waals surface area (Å²) in [5.74, 6) is -1.78. The lowest BCUT2D eigenvalue weighted by molar-refractivity contribution is -0.160. The molecule has 1 aromatic carbocycles. The fraction of sp³-hybridized carbons (Fsp3) is 0.500. The van der Waals surface area contributed by atoms with E-state index in [1.165, 1.54) is 13.0 Å². The normalized spacial score (nSPS) is 17.0. The van der Waals surface area contributed by atoms with Crippen LogP contribution < -0.4 is 5.32 Å². The maximum Gasteiger partial charge on any atom is 0.418 e. The number of halogens is 4. The topological polar surface area (TPSA) is 64.6 Å². The van der Waals surface area contributed by atoms with Gasteiger partial charge >= 0.3 is 12.1 Å². The van der Waals surface area contributed by atoms with E-state index in [9.17, 15) is 22.8 Å². The van der Waals surface area contributed by atoms with Gasteiger partial charge in [-0.2, -0.15) is 13.2 Å². The van der Waals surface area contributed by atoms with Crippen molar-refractivity contribution in [3.63, 3.8) is 0 Å². The average molecular weight is 380 g/mol. The van der Waals surface area contributed by atoms with Gasteiger partial charge in [0.05, 0.1) is 17.2 Å². The number of carbonyl (C=O) groups excluding carboxylic acids is 2. The second-order valence-electron chi connectivity index (χ2n) is 5.64. The van der Waals surface area contributed by atoms with Crippen LogP contribution >= 0.6 is 11.6 Å². The molecule has 0 aromatic heterocycles. The van der Waals surface area contributed by atoms with Crippen molar-refractivity contribution in [3.8, 4) is 0 Å². The fourth-order valence-corrected chi connectivity index (χ4v) is 2.52. The third-order valence-corrected chi connectivity index (χ3v) is 4.00. The van der Waals surface area contributed by atoms with Crippen molar-refractivity contribution in [2.24, 2.45) is 5.92 Å². The Labute approximate surface area is 147 Å². The summed E-state index contributed by atoms with van der Waals surface area (Å²) in [6, 6.07) is 3.00. The van der Waals surface area contributed by atoms with Crippen LogP contribution in [0.3, 0.4) is 0 Å². The van der Waals surface area contributed by atoms with Crippen molar-refractivity contribution in [1.29, 1.82) is 0 Å². The highest BCUT2D eigenvalue weighted by molar-refractivity contribution is 6.30. The molecule has 1 unspecified atom stereocenters. The Morgan fingerprint density at radius 2 is 1.96 bits per heavy atom. The monoisotopic (exact) mass is 379 g/mol. The second kappa shape index (κ2) is 8.05. The van der Waals surface area contributed by atoms with E-state index in [-0.39, 0.29) is 10.9 Å². The summed E-state index contributed by atoms with van der Waals surface area (Å²) < 4.78 is 49.3. The zero-order valence-electron chi connectivity index (χ0n) is 13.4. The van der Waals surface area contributed by atoms with Crippen LogP contribution in [0.1, 0.15) is 25.3 Å². The maximum atomic E-state index is 13.0. The van der Waals surface area contributed by atoms with Gasteiger partial charge in [0.1, 0.15) is 0 Å². The number of hydrogen-bond donors (Lipinski definition) is 1. The van der Waals surface area contributed by atoms with Crippen LogP contribution in [0, 0.1) is 5.92 Å². The van der Waals surface area contributed by atoms with Gasteiger partial charge in [-0.15, -0.1) is 0 Å². The van der Waals surface area contributed by atoms with Gasteiger partial charge in [0.15, 0.2) is 6.10 Å². The number of carbonyl (C=O) groups is 2. The van der Waals surface area contributed by atoms with Crippen molar-refractivity contribution in [2.75, 3.05) is 18.5 Å². The smallest absolute Gasteiger partial charge is 0.418 e. The van der Waals surface area contributed by atoms with Crippen LogP contribution in [0.15, 0.2) is 18.2 Å². The highest BCUT2D eigenvalue weighted by Crippen LogP contribution is 2.36. The molecule has 1 fully saturated rings. The number of alkyl halides is 3. The van der Waals surface area contributed by atoms with Gasteiger partial charge in [0.25, 0.3) is 5.91 Å². The molecular weight excluding hydrogens is 363 g/mol. The summed E-state index contributed by atoms with van der Waals surface area (Å²) in [4.78, 5) is 24.1. The summed E-state index contributed by atoms with van der Waals surface area (Å²) in [6.45, 7) is 2.16. The molecule has 1 amide bonds. The fourth-order valence-electron chi connectivity index (χ4n) is 2.35. The molecule has 1 heterocycles. The quantitative estimate of drug-likeness (QED) is 0.811. The van der Waals surface area contributed by atoms with E-state index in [4.69, 9.17) is 21.1 Å². The first-order valence-electron chi connectivity index (χ1n) is 7.64. The third-order valence-electron chi connectivity index (χ3n) is 3.76. The highest BCUT2D eigenvalue weighted by Gasteiger charge is 2.35. The van der Waals surface area contributed by atoms with Gasteiger partial charge in [0, 0.05) is 18.2 Å². The summed E-state index contributed by atoms with van der Waals surface area (Å²) >= 11 is 5.58. The molecule has 0 spiro atoms. The number of amides is 1. The number of benzene rings is 1. The minimum Gasteiger partial charge on any atom is -0.452 e. The van der Waals surface area contributed by atoms with Gasteiger partial charge in [-0.05, 0) is 38.0 Å². The van der Waals surface area contributed by atoms with E-state index in [0.717, 1.165) is 12.1 Å². The Hall–Kier alpha value is -1.80. The molecule has 1 aliphatic heterocycles. The van der Waals surface area contributed by atoms with Crippen LogP contribution in [-0.2, 0) is 25.2 Å². The number of anilines is 1. The molecule has 25 heavy (non-hydrogen) atoms. The summed E-state index contributed by atoms with van der Waals surface area (Å²) in [5.41, 5.74) is -1.52. The second-order valence-corrected chi connectivity index (χ2v) is 6.08. The predicted octanol–water partition coefficient (Wildman–Crippen LogP) is 3.66. The average Bonchev–Trinajstić information content (AvgIpc) is 2.56. The van der Waals surface area contributed by atoms with Crippen molar-refractivity contribution >= 4 is 29.2 Å². The summed E-state index contributed by atoms with van der Waals surface area (Å²) in [5, 5.41) is 2.03. The van der Waals surface area contributed by atoms with Gasteiger partial charge < -0.3 is 14.8 Å². The molecule has 138 valence electrons. The van der Waals surface area contributed by atoms with Crippen LogP contribution in [-0.4, -0.2) is 31.2 Å². The molecule has 0 saturated carbocycles. The number of nitrogens with one attached hydrogen (secondary N) is 1. The third kappa shape index (κ3) is 5.34. The van der Waals surface area contributed by atoms with E-state index in [0.29, 0.717) is 26.1 Å². The van der Waals surface area contributed by atoms with Crippen molar-refractivity contribution in [3.05, 3.63) is 28.8 Å². The minimum absolute atomic E-state index is 0.107. The zero-order chi connectivity index (χ0) is 18.6. The number of rotatable bonds is 4. The Kier molecular flexibility index (Phi) is 6.29. The van der Waals surface area contributed by atoms with Gasteiger partial charge in [-0.25, -0.2) is 0 Å². The Morgan fingerprint density at radius 3 is 2.56 bits per heavy atom.